The fraction of sp³-hybridized carbons (Fsp3) is 0.348. The van der Waals surface area contributed by atoms with Crippen LogP contribution in [0.4, 0.5) is 16.1 Å². The molecule has 1 fully saturated rings. The van der Waals surface area contributed by atoms with Gasteiger partial charge in [0.15, 0.2) is 5.58 Å². The summed E-state index contributed by atoms with van der Waals surface area (Å²) in [7, 11) is 2.07. The second kappa shape index (κ2) is 7.65. The Kier molecular flexibility index (Phi) is 4.83. The van der Waals surface area contributed by atoms with Crippen LogP contribution in [0.1, 0.15) is 11.3 Å². The van der Waals surface area contributed by atoms with Gasteiger partial charge in [-0.25, -0.2) is 4.39 Å². The van der Waals surface area contributed by atoms with E-state index in [1.807, 2.05) is 19.1 Å². The van der Waals surface area contributed by atoms with Gasteiger partial charge >= 0.3 is 0 Å². The number of nitrogens with one attached hydrogen (secondary N) is 1. The van der Waals surface area contributed by atoms with E-state index in [0.717, 1.165) is 65.0 Å². The minimum absolute atomic E-state index is 0.204. The maximum absolute atomic E-state index is 13.6. The van der Waals surface area contributed by atoms with Crippen molar-refractivity contribution in [2.45, 2.75) is 13.3 Å². The van der Waals surface area contributed by atoms with Gasteiger partial charge in [-0.05, 0) is 42.8 Å². The van der Waals surface area contributed by atoms with E-state index in [4.69, 9.17) is 9.15 Å². The summed E-state index contributed by atoms with van der Waals surface area (Å²) in [5.74, 6) is -0.204. The molecular formula is C23H25FN4O2. The second-order valence-corrected chi connectivity index (χ2v) is 7.84. The first-order valence-corrected chi connectivity index (χ1v) is 10.3. The van der Waals surface area contributed by atoms with Gasteiger partial charge in [0.1, 0.15) is 11.3 Å². The molecular weight excluding hydrogens is 383 g/mol. The Hall–Kier alpha value is -3.06. The number of morpholine rings is 1. The predicted octanol–water partition coefficient (Wildman–Crippen LogP) is 4.27. The maximum atomic E-state index is 13.6. The SMILES string of the molecule is Cc1c(CCN(C)c2ccc3nc(N4CCOCC4)oc3c2)[nH]c2ccc(F)cc12. The first-order chi connectivity index (χ1) is 14.6. The summed E-state index contributed by atoms with van der Waals surface area (Å²) in [4.78, 5) is 12.4. The van der Waals surface area contributed by atoms with Crippen LogP contribution in [0.25, 0.3) is 22.0 Å². The Labute approximate surface area is 174 Å². The van der Waals surface area contributed by atoms with Crippen molar-refractivity contribution in [3.8, 4) is 0 Å². The third kappa shape index (κ3) is 3.50. The molecule has 2 aromatic carbocycles. The van der Waals surface area contributed by atoms with Gasteiger partial charge in [-0.2, -0.15) is 4.98 Å². The lowest BCUT2D eigenvalue weighted by atomic mass is 10.1. The first kappa shape index (κ1) is 18.9. The maximum Gasteiger partial charge on any atom is 0.298 e. The van der Waals surface area contributed by atoms with Crippen LogP contribution < -0.4 is 9.80 Å². The average molecular weight is 408 g/mol. The number of aryl methyl sites for hydroxylation is 1. The number of halogens is 1. The molecule has 1 aliphatic heterocycles. The number of aromatic nitrogens is 2. The Balaban J connectivity index is 1.32. The molecule has 0 atom stereocenters. The van der Waals surface area contributed by atoms with Crippen molar-refractivity contribution in [1.29, 1.82) is 0 Å². The number of hydrogen-bond donors (Lipinski definition) is 1. The number of fused-ring (bicyclic) bond motifs is 2. The summed E-state index contributed by atoms with van der Waals surface area (Å²) in [6, 6.07) is 11.7. The molecule has 0 saturated carbocycles. The van der Waals surface area contributed by atoms with Gasteiger partial charge in [0.2, 0.25) is 0 Å². The molecule has 3 heterocycles. The summed E-state index contributed by atoms with van der Waals surface area (Å²) in [6.07, 6.45) is 0.839. The van der Waals surface area contributed by atoms with Crippen LogP contribution in [-0.4, -0.2) is 49.9 Å². The molecule has 0 bridgehead atoms. The van der Waals surface area contributed by atoms with E-state index in [1.165, 1.54) is 6.07 Å². The minimum Gasteiger partial charge on any atom is -0.423 e. The second-order valence-electron chi connectivity index (χ2n) is 7.84. The van der Waals surface area contributed by atoms with Crippen molar-refractivity contribution < 1.29 is 13.5 Å². The lowest BCUT2D eigenvalue weighted by Crippen LogP contribution is -2.36. The van der Waals surface area contributed by atoms with Crippen LogP contribution in [0.3, 0.4) is 0 Å². The monoisotopic (exact) mass is 408 g/mol. The van der Waals surface area contributed by atoms with Crippen molar-refractivity contribution in [3.63, 3.8) is 0 Å². The number of anilines is 2. The Bertz CT molecular complexity index is 1190. The highest BCUT2D eigenvalue weighted by Crippen LogP contribution is 2.27. The summed E-state index contributed by atoms with van der Waals surface area (Å²) >= 11 is 0. The smallest absolute Gasteiger partial charge is 0.298 e. The molecule has 7 heteroatoms. The van der Waals surface area contributed by atoms with Gasteiger partial charge < -0.3 is 23.9 Å². The van der Waals surface area contributed by atoms with Gasteiger partial charge in [0.25, 0.3) is 6.01 Å². The zero-order chi connectivity index (χ0) is 20.7. The van der Waals surface area contributed by atoms with E-state index in [9.17, 15) is 4.39 Å². The summed E-state index contributed by atoms with van der Waals surface area (Å²) in [6.45, 7) is 5.87. The third-order valence-corrected chi connectivity index (χ3v) is 5.90. The van der Waals surface area contributed by atoms with Gasteiger partial charge in [0, 0.05) is 61.5 Å². The zero-order valence-electron chi connectivity index (χ0n) is 17.2. The zero-order valence-corrected chi connectivity index (χ0v) is 17.2. The Morgan fingerprint density at radius 3 is 2.83 bits per heavy atom. The number of benzene rings is 2. The quantitative estimate of drug-likeness (QED) is 0.534. The van der Waals surface area contributed by atoms with E-state index < -0.39 is 0 Å². The van der Waals surface area contributed by atoms with Crippen LogP contribution in [0.5, 0.6) is 0 Å². The predicted molar refractivity (Wildman–Crippen MR) is 117 cm³/mol. The van der Waals surface area contributed by atoms with Crippen molar-refractivity contribution in [2.75, 3.05) is 49.7 Å². The van der Waals surface area contributed by atoms with Crippen LogP contribution in [-0.2, 0) is 11.2 Å². The van der Waals surface area contributed by atoms with Crippen molar-refractivity contribution in [1.82, 2.24) is 9.97 Å². The van der Waals surface area contributed by atoms with E-state index in [1.54, 1.807) is 12.1 Å². The first-order valence-electron chi connectivity index (χ1n) is 10.3. The number of oxazole rings is 1. The molecule has 1 aliphatic rings. The molecule has 1 saturated heterocycles. The molecule has 4 aromatic rings. The molecule has 5 rings (SSSR count). The fourth-order valence-corrected chi connectivity index (χ4v) is 4.04. The van der Waals surface area contributed by atoms with Gasteiger partial charge in [-0.3, -0.25) is 0 Å². The molecule has 0 amide bonds. The van der Waals surface area contributed by atoms with Crippen LogP contribution in [0.2, 0.25) is 0 Å². The van der Waals surface area contributed by atoms with Gasteiger partial charge in [-0.15, -0.1) is 0 Å². The van der Waals surface area contributed by atoms with E-state index >= 15 is 0 Å². The third-order valence-electron chi connectivity index (χ3n) is 5.90. The number of rotatable bonds is 5. The highest BCUT2D eigenvalue weighted by Gasteiger charge is 2.17. The number of aromatic amines is 1. The van der Waals surface area contributed by atoms with Crippen molar-refractivity contribution in [3.05, 3.63) is 53.5 Å². The molecule has 156 valence electrons. The highest BCUT2D eigenvalue weighted by atomic mass is 19.1. The minimum atomic E-state index is -0.204. The summed E-state index contributed by atoms with van der Waals surface area (Å²) < 4.78 is 25.0. The largest absolute Gasteiger partial charge is 0.423 e. The molecule has 0 aliphatic carbocycles. The molecule has 30 heavy (non-hydrogen) atoms. The molecule has 0 spiro atoms. The normalized spacial score (nSPS) is 14.7. The number of likely N-dealkylation sites (N-methyl/N-ethyl adjacent to an activating group) is 1. The molecule has 1 N–H and O–H groups in total. The Morgan fingerprint density at radius 1 is 1.17 bits per heavy atom. The van der Waals surface area contributed by atoms with Gasteiger partial charge in [0.05, 0.1) is 13.2 Å². The van der Waals surface area contributed by atoms with E-state index in [2.05, 4.69) is 32.9 Å². The standard InChI is InChI=1S/C23H25FN4O2/c1-15-18-13-16(24)3-5-20(18)25-19(15)7-8-27(2)17-4-6-21-22(14-17)30-23(26-21)28-9-11-29-12-10-28/h3-6,13-14,25H,7-12H2,1-2H3. The topological polar surface area (TPSA) is 57.5 Å². The van der Waals surface area contributed by atoms with Crippen molar-refractivity contribution >= 4 is 33.7 Å². The summed E-state index contributed by atoms with van der Waals surface area (Å²) in [5, 5.41) is 0.950. The number of H-pyrrole nitrogens is 1. The van der Waals surface area contributed by atoms with Crippen LogP contribution in [0.15, 0.2) is 40.8 Å². The van der Waals surface area contributed by atoms with E-state index in [-0.39, 0.29) is 5.82 Å². The molecule has 0 radical (unpaired) electrons. The van der Waals surface area contributed by atoms with Gasteiger partial charge in [-0.1, -0.05) is 0 Å². The lowest BCUT2D eigenvalue weighted by molar-refractivity contribution is 0.120. The van der Waals surface area contributed by atoms with Crippen molar-refractivity contribution in [2.24, 2.45) is 0 Å². The lowest BCUT2D eigenvalue weighted by Gasteiger charge is -2.24. The highest BCUT2D eigenvalue weighted by molar-refractivity contribution is 5.84. The van der Waals surface area contributed by atoms with E-state index in [0.29, 0.717) is 19.2 Å². The number of nitrogens with zero attached hydrogens (tertiary/aromatic N) is 3. The average Bonchev–Trinajstić information content (AvgIpc) is 3.33. The number of ether oxygens (including phenoxy) is 1. The molecule has 0 unspecified atom stereocenters. The molecule has 6 nitrogen and oxygen atoms in total. The fourth-order valence-electron chi connectivity index (χ4n) is 4.04. The van der Waals surface area contributed by atoms with Crippen LogP contribution in [0, 0.1) is 12.7 Å². The Morgan fingerprint density at radius 2 is 2.00 bits per heavy atom. The summed E-state index contributed by atoms with van der Waals surface area (Å²) in [5.41, 5.74) is 5.95. The molecule has 2 aromatic heterocycles. The number of hydrogen-bond acceptors (Lipinski definition) is 5. The van der Waals surface area contributed by atoms with Crippen LogP contribution >= 0.6 is 0 Å².